The molecule has 4 unspecified atom stereocenters. The van der Waals surface area contributed by atoms with Gasteiger partial charge in [0.15, 0.2) is 0 Å². The van der Waals surface area contributed by atoms with E-state index in [0.29, 0.717) is 5.92 Å². The minimum Gasteiger partial charge on any atom is -0.251 e. The molecule has 3 rings (SSSR count). The third-order valence-corrected chi connectivity index (χ3v) is 6.71. The van der Waals surface area contributed by atoms with Crippen LogP contribution in [0.25, 0.3) is 0 Å². The Hall–Kier alpha value is -0.0700. The molecule has 3 aliphatic carbocycles. The lowest BCUT2D eigenvalue weighted by Gasteiger charge is -2.45. The van der Waals surface area contributed by atoms with Crippen molar-refractivity contribution in [3.8, 4) is 0 Å². The van der Waals surface area contributed by atoms with Crippen LogP contribution in [0.3, 0.4) is 0 Å². The summed E-state index contributed by atoms with van der Waals surface area (Å²) >= 11 is 0. The zero-order valence-electron chi connectivity index (χ0n) is 12.6. The monoisotopic (exact) mass is 266 g/mol. The number of hydrogen-bond acceptors (Lipinski definition) is 0. The van der Waals surface area contributed by atoms with Gasteiger partial charge in [-0.25, -0.2) is 0 Å². The Balaban J connectivity index is 1.52. The molecule has 0 radical (unpaired) electrons. The van der Waals surface area contributed by atoms with Gasteiger partial charge in [0.05, 0.1) is 6.67 Å². The Morgan fingerprint density at radius 2 is 1.21 bits per heavy atom. The van der Waals surface area contributed by atoms with E-state index >= 15 is 0 Å². The molecule has 110 valence electrons. The van der Waals surface area contributed by atoms with E-state index in [-0.39, 0.29) is 6.67 Å². The van der Waals surface area contributed by atoms with Crippen molar-refractivity contribution in [1.29, 1.82) is 0 Å². The molecule has 0 aromatic rings. The molecule has 0 aromatic carbocycles. The smallest absolute Gasteiger partial charge is 0.0922 e. The molecule has 3 aliphatic rings. The van der Waals surface area contributed by atoms with Crippen molar-refractivity contribution in [2.45, 2.75) is 71.1 Å². The summed E-state index contributed by atoms with van der Waals surface area (Å²) < 4.78 is 12.8. The lowest BCUT2D eigenvalue weighted by molar-refractivity contribution is 0.0558. The highest BCUT2D eigenvalue weighted by atomic mass is 19.1. The van der Waals surface area contributed by atoms with Crippen molar-refractivity contribution in [1.82, 2.24) is 0 Å². The average Bonchev–Trinajstić information content (AvgIpc) is 2.47. The van der Waals surface area contributed by atoms with Gasteiger partial charge in [-0.1, -0.05) is 19.8 Å². The van der Waals surface area contributed by atoms with Crippen molar-refractivity contribution in [3.63, 3.8) is 0 Å². The van der Waals surface area contributed by atoms with E-state index in [1.165, 1.54) is 64.2 Å². The van der Waals surface area contributed by atoms with Crippen LogP contribution in [0.1, 0.15) is 71.1 Å². The van der Waals surface area contributed by atoms with Crippen LogP contribution in [0.5, 0.6) is 0 Å². The van der Waals surface area contributed by atoms with Crippen LogP contribution in [0.2, 0.25) is 0 Å². The lowest BCUT2D eigenvalue weighted by atomic mass is 9.61. The number of fused-ring (bicyclic) bond motifs is 1. The summed E-state index contributed by atoms with van der Waals surface area (Å²) in [5.41, 5.74) is 0. The molecule has 0 nitrogen and oxygen atoms in total. The van der Waals surface area contributed by atoms with Gasteiger partial charge in [-0.15, -0.1) is 0 Å². The molecule has 0 bridgehead atoms. The molecule has 1 heteroatoms. The summed E-state index contributed by atoms with van der Waals surface area (Å²) in [5, 5.41) is 0. The molecule has 3 fully saturated rings. The van der Waals surface area contributed by atoms with E-state index in [2.05, 4.69) is 6.92 Å². The van der Waals surface area contributed by atoms with Crippen LogP contribution in [0.15, 0.2) is 0 Å². The summed E-state index contributed by atoms with van der Waals surface area (Å²) in [6.45, 7) is 2.36. The maximum Gasteiger partial charge on any atom is 0.0922 e. The molecule has 0 aromatic heterocycles. The second-order valence-corrected chi connectivity index (χ2v) is 7.95. The first-order valence-corrected chi connectivity index (χ1v) is 8.82. The summed E-state index contributed by atoms with van der Waals surface area (Å²) in [6.07, 6.45) is 14.0. The molecule has 0 heterocycles. The maximum absolute atomic E-state index is 12.8. The fourth-order valence-corrected chi connectivity index (χ4v) is 5.35. The Kier molecular flexibility index (Phi) is 4.49. The van der Waals surface area contributed by atoms with Crippen molar-refractivity contribution in [3.05, 3.63) is 0 Å². The quantitative estimate of drug-likeness (QED) is 0.609. The normalized spacial score (nSPS) is 47.7. The molecular weight excluding hydrogens is 235 g/mol. The van der Waals surface area contributed by atoms with Gasteiger partial charge in [-0.2, -0.15) is 0 Å². The van der Waals surface area contributed by atoms with E-state index in [0.717, 1.165) is 29.6 Å². The van der Waals surface area contributed by atoms with Crippen molar-refractivity contribution in [2.24, 2.45) is 35.5 Å². The van der Waals surface area contributed by atoms with Crippen LogP contribution in [0.4, 0.5) is 4.39 Å². The summed E-state index contributed by atoms with van der Waals surface area (Å²) in [5.74, 6) is 5.29. The second-order valence-electron chi connectivity index (χ2n) is 7.95. The van der Waals surface area contributed by atoms with Gasteiger partial charge in [0, 0.05) is 0 Å². The third-order valence-electron chi connectivity index (χ3n) is 6.71. The zero-order valence-corrected chi connectivity index (χ0v) is 12.6. The molecule has 0 amide bonds. The van der Waals surface area contributed by atoms with Gasteiger partial charge < -0.3 is 0 Å². The van der Waals surface area contributed by atoms with Crippen LogP contribution in [-0.4, -0.2) is 6.67 Å². The molecule has 3 saturated carbocycles. The van der Waals surface area contributed by atoms with Gasteiger partial charge in [0.1, 0.15) is 0 Å². The first kappa shape index (κ1) is 13.9. The van der Waals surface area contributed by atoms with Crippen LogP contribution in [0, 0.1) is 35.5 Å². The summed E-state index contributed by atoms with van der Waals surface area (Å²) in [6, 6.07) is 0. The fourth-order valence-electron chi connectivity index (χ4n) is 5.35. The third kappa shape index (κ3) is 3.16. The number of rotatable bonds is 2. The summed E-state index contributed by atoms with van der Waals surface area (Å²) in [4.78, 5) is 0. The lowest BCUT2D eigenvalue weighted by Crippen LogP contribution is -2.34. The van der Waals surface area contributed by atoms with Crippen LogP contribution in [-0.2, 0) is 0 Å². The summed E-state index contributed by atoms with van der Waals surface area (Å²) in [7, 11) is 0. The Morgan fingerprint density at radius 1 is 0.684 bits per heavy atom. The van der Waals surface area contributed by atoms with Crippen molar-refractivity contribution in [2.75, 3.05) is 6.67 Å². The fraction of sp³-hybridized carbons (Fsp3) is 1.00. The Bertz CT molecular complexity index is 279. The Morgan fingerprint density at radius 3 is 1.89 bits per heavy atom. The van der Waals surface area contributed by atoms with Gasteiger partial charge in [-0.3, -0.25) is 4.39 Å². The molecular formula is C18H31F. The minimum absolute atomic E-state index is 0.0623. The van der Waals surface area contributed by atoms with Gasteiger partial charge in [0.25, 0.3) is 0 Å². The number of alkyl halides is 1. The van der Waals surface area contributed by atoms with Gasteiger partial charge in [0.2, 0.25) is 0 Å². The highest BCUT2D eigenvalue weighted by Gasteiger charge is 2.38. The molecule has 0 N–H and O–H groups in total. The first-order valence-electron chi connectivity index (χ1n) is 8.82. The minimum atomic E-state index is -0.0623. The van der Waals surface area contributed by atoms with Crippen molar-refractivity contribution >= 4 is 0 Å². The maximum atomic E-state index is 12.8. The largest absolute Gasteiger partial charge is 0.251 e. The highest BCUT2D eigenvalue weighted by Crippen LogP contribution is 2.48. The first-order chi connectivity index (χ1) is 9.26. The molecule has 0 spiro atoms. The topological polar surface area (TPSA) is 0 Å². The molecule has 0 saturated heterocycles. The zero-order chi connectivity index (χ0) is 13.2. The van der Waals surface area contributed by atoms with E-state index in [9.17, 15) is 4.39 Å². The number of hydrogen-bond donors (Lipinski definition) is 0. The van der Waals surface area contributed by atoms with Crippen LogP contribution >= 0.6 is 0 Å². The predicted molar refractivity (Wildman–Crippen MR) is 78.8 cm³/mol. The molecule has 4 atom stereocenters. The second kappa shape index (κ2) is 6.14. The van der Waals surface area contributed by atoms with E-state index in [4.69, 9.17) is 0 Å². The van der Waals surface area contributed by atoms with Crippen molar-refractivity contribution < 1.29 is 4.39 Å². The van der Waals surface area contributed by atoms with Crippen LogP contribution < -0.4 is 0 Å². The van der Waals surface area contributed by atoms with E-state index < -0.39 is 0 Å². The Labute approximate surface area is 118 Å². The SMILES string of the molecule is CC1CCC(C2CCC3CC(CF)CCC3C2)CC1. The average molecular weight is 266 g/mol. The predicted octanol–water partition coefficient (Wildman–Crippen LogP) is 5.61. The highest BCUT2D eigenvalue weighted by molar-refractivity contribution is 4.89. The van der Waals surface area contributed by atoms with E-state index in [1.54, 1.807) is 0 Å². The number of halogens is 1. The van der Waals surface area contributed by atoms with E-state index in [1.807, 2.05) is 0 Å². The standard InChI is InChI=1S/C18H31F/c1-13-2-5-15(6-3-13)17-9-8-16-10-14(12-19)4-7-18(16)11-17/h13-18H,2-12H2,1H3. The van der Waals surface area contributed by atoms with Gasteiger partial charge >= 0.3 is 0 Å². The molecule has 19 heavy (non-hydrogen) atoms. The molecule has 0 aliphatic heterocycles. The van der Waals surface area contributed by atoms with Gasteiger partial charge in [-0.05, 0) is 86.9 Å².